The molecule has 0 aromatic heterocycles. The third-order valence-electron chi connectivity index (χ3n) is 5.41. The van der Waals surface area contributed by atoms with Gasteiger partial charge in [0.2, 0.25) is 5.91 Å². The van der Waals surface area contributed by atoms with Crippen LogP contribution in [0.3, 0.4) is 0 Å². The van der Waals surface area contributed by atoms with Crippen molar-refractivity contribution in [2.24, 2.45) is 0 Å². The van der Waals surface area contributed by atoms with Crippen LogP contribution in [0.15, 0.2) is 46.9 Å². The number of rotatable bonds is 11. The normalized spacial score (nSPS) is 12.6. The molecule has 0 unspecified atom stereocenters. The highest BCUT2D eigenvalue weighted by Gasteiger charge is 2.27. The van der Waals surface area contributed by atoms with Gasteiger partial charge in [-0.25, -0.2) is 0 Å². The maximum Gasteiger partial charge on any atom is 0.261 e. The summed E-state index contributed by atoms with van der Waals surface area (Å²) < 4.78 is 11.9. The zero-order valence-corrected chi connectivity index (χ0v) is 21.1. The molecule has 0 radical (unpaired) electrons. The largest absolute Gasteiger partial charge is 0.497 e. The summed E-state index contributed by atoms with van der Waals surface area (Å²) in [5, 5.41) is 2.96. The van der Waals surface area contributed by atoms with Crippen molar-refractivity contribution in [3.63, 3.8) is 0 Å². The number of nitrogens with zero attached hydrogens (tertiary/aromatic N) is 1. The summed E-state index contributed by atoms with van der Waals surface area (Å²) in [6.07, 6.45) is 1.72. The lowest BCUT2D eigenvalue weighted by Crippen LogP contribution is -2.50. The Balaban J connectivity index is 2.19. The van der Waals surface area contributed by atoms with Gasteiger partial charge in [0.15, 0.2) is 6.61 Å². The first-order valence-corrected chi connectivity index (χ1v) is 11.7. The Morgan fingerprint density at radius 1 is 1.09 bits per heavy atom. The van der Waals surface area contributed by atoms with Crippen molar-refractivity contribution in [1.29, 1.82) is 0 Å². The zero-order chi connectivity index (χ0) is 23.7. The third kappa shape index (κ3) is 7.26. The van der Waals surface area contributed by atoms with E-state index in [2.05, 4.69) is 28.2 Å². The molecule has 0 fully saturated rings. The fourth-order valence-electron chi connectivity index (χ4n) is 3.12. The third-order valence-corrected chi connectivity index (χ3v) is 6.03. The molecule has 7 heteroatoms. The predicted molar refractivity (Wildman–Crippen MR) is 130 cm³/mol. The van der Waals surface area contributed by atoms with Crippen molar-refractivity contribution >= 4 is 27.7 Å². The van der Waals surface area contributed by atoms with Gasteiger partial charge in [0, 0.05) is 12.6 Å². The highest BCUT2D eigenvalue weighted by Crippen LogP contribution is 2.26. The number of carbonyl (C=O) groups is 2. The van der Waals surface area contributed by atoms with Crippen molar-refractivity contribution in [1.82, 2.24) is 10.2 Å². The number of amides is 2. The van der Waals surface area contributed by atoms with Crippen LogP contribution in [-0.2, 0) is 22.6 Å². The van der Waals surface area contributed by atoms with Crippen LogP contribution >= 0.6 is 15.9 Å². The zero-order valence-electron chi connectivity index (χ0n) is 19.5. The lowest BCUT2D eigenvalue weighted by Gasteiger charge is -2.29. The average molecular weight is 505 g/mol. The summed E-state index contributed by atoms with van der Waals surface area (Å²) in [5.74, 6) is 0.826. The first kappa shape index (κ1) is 25.7. The van der Waals surface area contributed by atoms with Gasteiger partial charge in [0.25, 0.3) is 5.91 Å². The van der Waals surface area contributed by atoms with Crippen molar-refractivity contribution in [3.8, 4) is 11.5 Å². The topological polar surface area (TPSA) is 67.9 Å². The molecule has 32 heavy (non-hydrogen) atoms. The summed E-state index contributed by atoms with van der Waals surface area (Å²) in [6.45, 7) is 7.86. The van der Waals surface area contributed by atoms with E-state index in [-0.39, 0.29) is 31.0 Å². The summed E-state index contributed by atoms with van der Waals surface area (Å²) in [7, 11) is 1.60. The first-order chi connectivity index (χ1) is 15.3. The smallest absolute Gasteiger partial charge is 0.261 e. The van der Waals surface area contributed by atoms with Gasteiger partial charge in [0.1, 0.15) is 17.5 Å². The van der Waals surface area contributed by atoms with E-state index in [1.54, 1.807) is 18.9 Å². The Bertz CT molecular complexity index is 919. The minimum absolute atomic E-state index is 0.0306. The molecule has 2 atom stereocenters. The second-order valence-electron chi connectivity index (χ2n) is 7.77. The van der Waals surface area contributed by atoms with Gasteiger partial charge >= 0.3 is 0 Å². The molecule has 2 amide bonds. The molecule has 0 saturated heterocycles. The highest BCUT2D eigenvalue weighted by atomic mass is 79.9. The van der Waals surface area contributed by atoms with Crippen LogP contribution in [0.2, 0.25) is 0 Å². The molecule has 0 aliphatic carbocycles. The van der Waals surface area contributed by atoms with E-state index >= 15 is 0 Å². The van der Waals surface area contributed by atoms with Gasteiger partial charge in [0.05, 0.1) is 11.6 Å². The Labute approximate surface area is 199 Å². The molecule has 2 rings (SSSR count). The van der Waals surface area contributed by atoms with Gasteiger partial charge in [-0.15, -0.1) is 0 Å². The number of carbonyl (C=O) groups excluding carboxylic acids is 2. The van der Waals surface area contributed by atoms with Crippen molar-refractivity contribution in [2.45, 2.75) is 59.2 Å². The van der Waals surface area contributed by atoms with Gasteiger partial charge in [-0.2, -0.15) is 0 Å². The molecular formula is C25H33BrN2O4. The second-order valence-corrected chi connectivity index (χ2v) is 8.63. The van der Waals surface area contributed by atoms with E-state index in [1.807, 2.05) is 56.3 Å². The van der Waals surface area contributed by atoms with Crippen LogP contribution in [0.5, 0.6) is 11.5 Å². The van der Waals surface area contributed by atoms with Crippen molar-refractivity contribution < 1.29 is 19.1 Å². The average Bonchev–Trinajstić information content (AvgIpc) is 2.80. The Morgan fingerprint density at radius 3 is 2.47 bits per heavy atom. The first-order valence-electron chi connectivity index (χ1n) is 10.9. The molecule has 1 N–H and O–H groups in total. The van der Waals surface area contributed by atoms with E-state index in [9.17, 15) is 9.59 Å². The quantitative estimate of drug-likeness (QED) is 0.480. The van der Waals surface area contributed by atoms with E-state index < -0.39 is 6.04 Å². The molecule has 0 aliphatic rings. The highest BCUT2D eigenvalue weighted by molar-refractivity contribution is 9.10. The van der Waals surface area contributed by atoms with Gasteiger partial charge < -0.3 is 19.7 Å². The maximum atomic E-state index is 13.2. The predicted octanol–water partition coefficient (Wildman–Crippen LogP) is 4.73. The summed E-state index contributed by atoms with van der Waals surface area (Å²) in [6, 6.07) is 12.7. The second kappa shape index (κ2) is 12.5. The Morgan fingerprint density at radius 2 is 1.84 bits per heavy atom. The Kier molecular flexibility index (Phi) is 10.0. The SMILES string of the molecule is CCc1ccc(OCC(=O)N(Cc2cccc(OC)c2)[C@@H](C)C(=O)N[C@H](C)CC)c(Br)c1. The van der Waals surface area contributed by atoms with E-state index in [0.29, 0.717) is 11.5 Å². The minimum Gasteiger partial charge on any atom is -0.497 e. The molecule has 0 saturated carbocycles. The van der Waals surface area contributed by atoms with Crippen LogP contribution in [0.1, 0.15) is 45.2 Å². The van der Waals surface area contributed by atoms with Gasteiger partial charge in [-0.05, 0) is 78.0 Å². The summed E-state index contributed by atoms with van der Waals surface area (Å²) >= 11 is 3.50. The standard InChI is InChI=1S/C25H33BrN2O4/c1-6-17(3)27-25(30)18(4)28(15-20-9-8-10-21(13-20)31-5)24(29)16-32-23-12-11-19(7-2)14-22(23)26/h8-14,17-18H,6-7,15-16H2,1-5H3,(H,27,30)/t17-,18+/m1/s1. The van der Waals surface area contributed by atoms with E-state index in [4.69, 9.17) is 9.47 Å². The van der Waals surface area contributed by atoms with Crippen LogP contribution < -0.4 is 14.8 Å². The van der Waals surface area contributed by atoms with Crippen LogP contribution in [-0.4, -0.2) is 42.5 Å². The Hall–Kier alpha value is -2.54. The maximum absolute atomic E-state index is 13.2. The molecule has 2 aromatic rings. The number of hydrogen-bond acceptors (Lipinski definition) is 4. The molecule has 6 nitrogen and oxygen atoms in total. The van der Waals surface area contributed by atoms with Crippen molar-refractivity contribution in [2.75, 3.05) is 13.7 Å². The number of methoxy groups -OCH3 is 1. The fraction of sp³-hybridized carbons (Fsp3) is 0.440. The number of halogens is 1. The molecular weight excluding hydrogens is 472 g/mol. The minimum atomic E-state index is -0.655. The van der Waals surface area contributed by atoms with Crippen LogP contribution in [0, 0.1) is 0 Å². The molecule has 2 aromatic carbocycles. The van der Waals surface area contributed by atoms with Gasteiger partial charge in [-0.3, -0.25) is 9.59 Å². The lowest BCUT2D eigenvalue weighted by molar-refractivity contribution is -0.142. The number of hydrogen-bond donors (Lipinski definition) is 1. The molecule has 0 aliphatic heterocycles. The van der Waals surface area contributed by atoms with Crippen molar-refractivity contribution in [3.05, 3.63) is 58.1 Å². The summed E-state index contributed by atoms with van der Waals surface area (Å²) in [4.78, 5) is 27.5. The van der Waals surface area contributed by atoms with Gasteiger partial charge in [-0.1, -0.05) is 32.0 Å². The molecule has 0 heterocycles. The number of aryl methyl sites for hydroxylation is 1. The van der Waals surface area contributed by atoms with E-state index in [0.717, 1.165) is 22.9 Å². The molecule has 0 bridgehead atoms. The van der Waals surface area contributed by atoms with Crippen LogP contribution in [0.4, 0.5) is 0 Å². The lowest BCUT2D eigenvalue weighted by atomic mass is 10.1. The monoisotopic (exact) mass is 504 g/mol. The number of benzene rings is 2. The number of ether oxygens (including phenoxy) is 2. The van der Waals surface area contributed by atoms with E-state index in [1.165, 1.54) is 5.56 Å². The van der Waals surface area contributed by atoms with Crippen LogP contribution in [0.25, 0.3) is 0 Å². The summed E-state index contributed by atoms with van der Waals surface area (Å²) in [5.41, 5.74) is 2.04. The molecule has 0 spiro atoms. The number of nitrogens with one attached hydrogen (secondary N) is 1. The fourth-order valence-corrected chi connectivity index (χ4v) is 3.66. The molecule has 174 valence electrons.